The van der Waals surface area contributed by atoms with Crippen LogP contribution < -0.4 is 10.1 Å². The highest BCUT2D eigenvalue weighted by Crippen LogP contribution is 2.26. The van der Waals surface area contributed by atoms with Crippen LogP contribution in [0.25, 0.3) is 0 Å². The number of nitrogens with zero attached hydrogens (tertiary/aromatic N) is 1. The molecule has 1 aromatic rings. The van der Waals surface area contributed by atoms with E-state index in [1.165, 1.54) is 0 Å². The van der Waals surface area contributed by atoms with Gasteiger partial charge in [0.2, 0.25) is 11.8 Å². The van der Waals surface area contributed by atoms with Crippen molar-refractivity contribution in [3.63, 3.8) is 0 Å². The maximum absolute atomic E-state index is 12.6. The summed E-state index contributed by atoms with van der Waals surface area (Å²) in [6.45, 7) is 3.59. The molecule has 5 nitrogen and oxygen atoms in total. The first-order valence-electron chi connectivity index (χ1n) is 9.99. The molecule has 27 heavy (non-hydrogen) atoms. The number of carbonyl (C=O) groups excluding carboxylic acids is 2. The summed E-state index contributed by atoms with van der Waals surface area (Å²) in [6, 6.07) is 5.64. The number of nitrogens with one attached hydrogen (secondary N) is 1. The van der Waals surface area contributed by atoms with Gasteiger partial charge in [0.05, 0.1) is 7.11 Å². The van der Waals surface area contributed by atoms with E-state index in [4.69, 9.17) is 4.74 Å². The van der Waals surface area contributed by atoms with Crippen LogP contribution in [0.3, 0.4) is 0 Å². The molecule has 146 valence electrons. The van der Waals surface area contributed by atoms with Crippen LogP contribution >= 0.6 is 0 Å². The highest BCUT2D eigenvalue weighted by molar-refractivity contribution is 5.94. The number of rotatable bonds is 6. The second kappa shape index (κ2) is 9.07. The van der Waals surface area contributed by atoms with E-state index in [0.29, 0.717) is 12.3 Å². The van der Waals surface area contributed by atoms with Gasteiger partial charge < -0.3 is 15.0 Å². The van der Waals surface area contributed by atoms with E-state index in [9.17, 15) is 9.59 Å². The first-order chi connectivity index (χ1) is 13.1. The van der Waals surface area contributed by atoms with Crippen LogP contribution in [0.1, 0.15) is 50.5 Å². The molecular formula is C22H30N2O3. The second-order valence-corrected chi connectivity index (χ2v) is 7.65. The Hall–Kier alpha value is -2.30. The quantitative estimate of drug-likeness (QED) is 0.821. The molecule has 1 aliphatic carbocycles. The number of hydrogen-bond donors (Lipinski definition) is 1. The molecule has 0 saturated carbocycles. The number of allylic oxidation sites excluding steroid dienone is 1. The molecule has 1 fully saturated rings. The van der Waals surface area contributed by atoms with E-state index < -0.39 is 0 Å². The van der Waals surface area contributed by atoms with Crippen LogP contribution in [0.4, 0.5) is 5.69 Å². The third-order valence-electron chi connectivity index (χ3n) is 5.61. The highest BCUT2D eigenvalue weighted by atomic mass is 16.5. The smallest absolute Gasteiger partial charge is 0.249 e. The Morgan fingerprint density at radius 1 is 1.30 bits per heavy atom. The summed E-state index contributed by atoms with van der Waals surface area (Å²) in [7, 11) is 1.63. The van der Waals surface area contributed by atoms with Gasteiger partial charge in [0.1, 0.15) is 5.75 Å². The van der Waals surface area contributed by atoms with E-state index in [2.05, 4.69) is 11.4 Å². The average Bonchev–Trinajstić information content (AvgIpc) is 3.22. The van der Waals surface area contributed by atoms with Gasteiger partial charge in [-0.15, -0.1) is 0 Å². The Labute approximate surface area is 161 Å². The topological polar surface area (TPSA) is 58.6 Å². The number of piperidine rings is 1. The maximum atomic E-state index is 12.6. The predicted octanol–water partition coefficient (Wildman–Crippen LogP) is 4.07. The summed E-state index contributed by atoms with van der Waals surface area (Å²) in [6.07, 6.45) is 8.58. The number of ether oxygens (including phenoxy) is 1. The molecule has 5 heteroatoms. The van der Waals surface area contributed by atoms with Gasteiger partial charge in [0.25, 0.3) is 0 Å². The monoisotopic (exact) mass is 370 g/mol. The van der Waals surface area contributed by atoms with Crippen molar-refractivity contribution in [1.82, 2.24) is 4.90 Å². The molecule has 1 N–H and O–H groups in total. The maximum Gasteiger partial charge on any atom is 0.249 e. The lowest BCUT2D eigenvalue weighted by Crippen LogP contribution is -2.40. The summed E-state index contributed by atoms with van der Waals surface area (Å²) in [4.78, 5) is 26.9. The number of anilines is 1. The standard InChI is InChI=1S/C22H30N2O3/c1-16-14-19(27-2)10-11-20(16)23-21(25)12-9-17-6-5-13-24(15-17)22(26)18-7-3-4-8-18/h7,10-11,14,17H,3-6,8-9,12-13,15H2,1-2H3,(H,23,25). The van der Waals surface area contributed by atoms with Crippen LogP contribution in [0.5, 0.6) is 5.75 Å². The van der Waals surface area contributed by atoms with Crippen molar-refractivity contribution in [2.75, 3.05) is 25.5 Å². The fourth-order valence-corrected chi connectivity index (χ4v) is 4.00. The normalized spacial score (nSPS) is 19.6. The molecule has 2 aliphatic rings. The SMILES string of the molecule is COc1ccc(NC(=O)CCC2CCCN(C(=O)C3=CCCC3)C2)c(C)c1. The molecule has 1 unspecified atom stereocenters. The molecule has 2 amide bonds. The Balaban J connectivity index is 1.47. The minimum atomic E-state index is 0.0326. The first kappa shape index (κ1) is 19.5. The lowest BCUT2D eigenvalue weighted by molar-refractivity contribution is -0.129. The van der Waals surface area contributed by atoms with Crippen molar-refractivity contribution in [1.29, 1.82) is 0 Å². The van der Waals surface area contributed by atoms with Crippen LogP contribution in [0.15, 0.2) is 29.8 Å². The van der Waals surface area contributed by atoms with Gasteiger partial charge in [0, 0.05) is 30.8 Å². The van der Waals surface area contributed by atoms with Crippen molar-refractivity contribution in [3.8, 4) is 5.75 Å². The van der Waals surface area contributed by atoms with Gasteiger partial charge in [-0.05, 0) is 75.1 Å². The largest absolute Gasteiger partial charge is 0.497 e. The molecule has 0 spiro atoms. The third-order valence-corrected chi connectivity index (χ3v) is 5.61. The molecule has 1 atom stereocenters. The number of hydrogen-bond acceptors (Lipinski definition) is 3. The molecular weight excluding hydrogens is 340 g/mol. The predicted molar refractivity (Wildman–Crippen MR) is 107 cm³/mol. The van der Waals surface area contributed by atoms with E-state index in [1.807, 2.05) is 30.0 Å². The summed E-state index contributed by atoms with van der Waals surface area (Å²) in [5.41, 5.74) is 2.81. The fourth-order valence-electron chi connectivity index (χ4n) is 4.00. The van der Waals surface area contributed by atoms with Gasteiger partial charge in [-0.3, -0.25) is 9.59 Å². The third kappa shape index (κ3) is 5.12. The number of carbonyl (C=O) groups is 2. The lowest BCUT2D eigenvalue weighted by Gasteiger charge is -2.33. The van der Waals surface area contributed by atoms with E-state index in [0.717, 1.165) is 74.2 Å². The summed E-state index contributed by atoms with van der Waals surface area (Å²) < 4.78 is 5.20. The minimum absolute atomic E-state index is 0.0326. The van der Waals surface area contributed by atoms with Crippen LogP contribution in [-0.4, -0.2) is 36.9 Å². The van der Waals surface area contributed by atoms with Gasteiger partial charge in [0.15, 0.2) is 0 Å². The molecule has 0 aromatic heterocycles. The minimum Gasteiger partial charge on any atom is -0.497 e. The zero-order valence-corrected chi connectivity index (χ0v) is 16.4. The molecule has 1 saturated heterocycles. The number of aryl methyl sites for hydroxylation is 1. The Morgan fingerprint density at radius 2 is 2.15 bits per heavy atom. The number of benzene rings is 1. The van der Waals surface area contributed by atoms with Crippen molar-refractivity contribution in [2.45, 2.75) is 51.9 Å². The summed E-state index contributed by atoms with van der Waals surface area (Å²) in [5.74, 6) is 1.45. The van der Waals surface area contributed by atoms with Gasteiger partial charge in [-0.2, -0.15) is 0 Å². The van der Waals surface area contributed by atoms with Crippen molar-refractivity contribution in [3.05, 3.63) is 35.4 Å². The van der Waals surface area contributed by atoms with Crippen LogP contribution in [0, 0.1) is 12.8 Å². The zero-order chi connectivity index (χ0) is 19.2. The fraction of sp³-hybridized carbons (Fsp3) is 0.545. The number of likely N-dealkylation sites (tertiary alicyclic amines) is 1. The Kier molecular flexibility index (Phi) is 6.54. The highest BCUT2D eigenvalue weighted by Gasteiger charge is 2.26. The number of methoxy groups -OCH3 is 1. The van der Waals surface area contributed by atoms with E-state index >= 15 is 0 Å². The zero-order valence-electron chi connectivity index (χ0n) is 16.4. The van der Waals surface area contributed by atoms with Gasteiger partial charge >= 0.3 is 0 Å². The second-order valence-electron chi connectivity index (χ2n) is 7.65. The molecule has 1 aliphatic heterocycles. The molecule has 1 aromatic carbocycles. The van der Waals surface area contributed by atoms with E-state index in [1.54, 1.807) is 7.11 Å². The summed E-state index contributed by atoms with van der Waals surface area (Å²) in [5, 5.41) is 3.00. The van der Waals surface area contributed by atoms with E-state index in [-0.39, 0.29) is 11.8 Å². The molecule has 0 bridgehead atoms. The number of amides is 2. The Bertz CT molecular complexity index is 726. The van der Waals surface area contributed by atoms with Gasteiger partial charge in [-0.1, -0.05) is 6.08 Å². The van der Waals surface area contributed by atoms with Crippen LogP contribution in [-0.2, 0) is 9.59 Å². The Morgan fingerprint density at radius 3 is 2.85 bits per heavy atom. The lowest BCUT2D eigenvalue weighted by atomic mass is 9.92. The summed E-state index contributed by atoms with van der Waals surface area (Å²) >= 11 is 0. The molecule has 1 heterocycles. The van der Waals surface area contributed by atoms with Crippen molar-refractivity contribution >= 4 is 17.5 Å². The van der Waals surface area contributed by atoms with Gasteiger partial charge in [-0.25, -0.2) is 0 Å². The first-order valence-corrected chi connectivity index (χ1v) is 9.99. The molecule has 0 radical (unpaired) electrons. The average molecular weight is 370 g/mol. The van der Waals surface area contributed by atoms with Crippen molar-refractivity contribution < 1.29 is 14.3 Å². The molecule has 3 rings (SSSR count). The van der Waals surface area contributed by atoms with Crippen LogP contribution in [0.2, 0.25) is 0 Å². The van der Waals surface area contributed by atoms with Crippen molar-refractivity contribution in [2.24, 2.45) is 5.92 Å².